The van der Waals surface area contributed by atoms with E-state index in [1.807, 2.05) is 12.1 Å². The minimum absolute atomic E-state index is 0.418. The average Bonchev–Trinajstić information content (AvgIpc) is 3.43. The van der Waals surface area contributed by atoms with Gasteiger partial charge in [0.2, 0.25) is 0 Å². The summed E-state index contributed by atoms with van der Waals surface area (Å²) in [5.74, 6) is 0.650. The Morgan fingerprint density at radius 3 is 2.79 bits per heavy atom. The second kappa shape index (κ2) is 6.14. The maximum atomic E-state index is 6.38. The molecule has 2 fully saturated rings. The Balaban J connectivity index is 1.25. The van der Waals surface area contributed by atoms with Crippen molar-refractivity contribution in [3.63, 3.8) is 0 Å². The summed E-state index contributed by atoms with van der Waals surface area (Å²) < 4.78 is 0. The topological polar surface area (TPSA) is 9.72 Å². The lowest BCUT2D eigenvalue weighted by Crippen LogP contribution is -2.54. The van der Waals surface area contributed by atoms with Crippen molar-refractivity contribution in [3.8, 4) is 0 Å². The number of anilines is 2. The molecule has 0 radical (unpaired) electrons. The SMILES string of the molecule is CN1c2cccc3c2N(CC12CC2)[C@H]1CCN(CCc2ccccc2Cl)C[C@@H]31. The zero-order valence-corrected chi connectivity index (χ0v) is 17.3. The molecule has 0 aromatic heterocycles. The fraction of sp³-hybridized carbons (Fsp3) is 0.500. The summed E-state index contributed by atoms with van der Waals surface area (Å²) in [5.41, 5.74) is 6.30. The van der Waals surface area contributed by atoms with Crippen LogP contribution in [-0.4, -0.2) is 49.7 Å². The van der Waals surface area contributed by atoms with Gasteiger partial charge in [0.05, 0.1) is 16.9 Å². The summed E-state index contributed by atoms with van der Waals surface area (Å²) in [6, 6.07) is 16.0. The van der Waals surface area contributed by atoms with Gasteiger partial charge >= 0.3 is 0 Å². The number of piperidine rings is 1. The molecule has 1 spiro atoms. The molecule has 6 rings (SSSR count). The Morgan fingerprint density at radius 1 is 1.11 bits per heavy atom. The number of hydrogen-bond acceptors (Lipinski definition) is 3. The first kappa shape index (κ1) is 17.2. The fourth-order valence-corrected chi connectivity index (χ4v) is 6.21. The van der Waals surface area contributed by atoms with Gasteiger partial charge in [-0.1, -0.05) is 41.9 Å². The summed E-state index contributed by atoms with van der Waals surface area (Å²) in [7, 11) is 2.32. The van der Waals surface area contributed by atoms with Crippen LogP contribution < -0.4 is 9.80 Å². The van der Waals surface area contributed by atoms with E-state index in [0.29, 0.717) is 17.5 Å². The van der Waals surface area contributed by atoms with E-state index in [1.54, 1.807) is 11.3 Å². The third kappa shape index (κ3) is 2.45. The number of nitrogens with zero attached hydrogens (tertiary/aromatic N) is 3. The van der Waals surface area contributed by atoms with Crippen molar-refractivity contribution in [1.82, 2.24) is 4.90 Å². The van der Waals surface area contributed by atoms with E-state index < -0.39 is 0 Å². The van der Waals surface area contributed by atoms with Gasteiger partial charge in [0, 0.05) is 50.2 Å². The van der Waals surface area contributed by atoms with Gasteiger partial charge in [0.1, 0.15) is 0 Å². The van der Waals surface area contributed by atoms with Gasteiger partial charge < -0.3 is 14.7 Å². The van der Waals surface area contributed by atoms with Crippen molar-refractivity contribution in [1.29, 1.82) is 0 Å². The van der Waals surface area contributed by atoms with Gasteiger partial charge in [-0.2, -0.15) is 0 Å². The number of rotatable bonds is 3. The van der Waals surface area contributed by atoms with Crippen molar-refractivity contribution < 1.29 is 0 Å². The molecule has 1 aliphatic carbocycles. The largest absolute Gasteiger partial charge is 0.365 e. The molecule has 146 valence electrons. The Hall–Kier alpha value is -1.71. The second-order valence-electron chi connectivity index (χ2n) is 9.23. The molecule has 0 unspecified atom stereocenters. The predicted molar refractivity (Wildman–Crippen MR) is 117 cm³/mol. The zero-order chi connectivity index (χ0) is 18.9. The monoisotopic (exact) mass is 393 g/mol. The van der Waals surface area contributed by atoms with Gasteiger partial charge in [0.25, 0.3) is 0 Å². The molecule has 0 N–H and O–H groups in total. The Morgan fingerprint density at radius 2 is 1.96 bits per heavy atom. The summed E-state index contributed by atoms with van der Waals surface area (Å²) in [6.45, 7) is 4.72. The van der Waals surface area contributed by atoms with E-state index >= 15 is 0 Å². The molecule has 0 bridgehead atoms. The number of likely N-dealkylation sites (N-methyl/N-ethyl adjacent to an activating group) is 1. The quantitative estimate of drug-likeness (QED) is 0.757. The third-order valence-electron chi connectivity index (χ3n) is 7.81. The van der Waals surface area contributed by atoms with Crippen LogP contribution in [0.3, 0.4) is 0 Å². The first-order valence-corrected chi connectivity index (χ1v) is 11.1. The lowest BCUT2D eigenvalue weighted by Gasteiger charge is -2.46. The Bertz CT molecular complexity index is 922. The van der Waals surface area contributed by atoms with Gasteiger partial charge in [-0.05, 0) is 48.9 Å². The molecule has 2 aromatic carbocycles. The highest BCUT2D eigenvalue weighted by Gasteiger charge is 2.56. The molecule has 28 heavy (non-hydrogen) atoms. The normalized spacial score (nSPS) is 27.1. The lowest BCUT2D eigenvalue weighted by molar-refractivity contribution is 0.194. The van der Waals surface area contributed by atoms with E-state index in [2.05, 4.69) is 52.1 Å². The Labute approximate surface area is 172 Å². The standard InChI is InChI=1S/C24H28ClN3/c1-26-22-8-4-6-18-19-15-27(13-9-17-5-2-3-7-20(17)25)14-10-21(19)28(23(18)22)16-24(26)11-12-24/h2-8,19,21H,9-16H2,1H3/t19-,21-/m0/s1. The highest BCUT2D eigenvalue weighted by atomic mass is 35.5. The third-order valence-corrected chi connectivity index (χ3v) is 8.18. The zero-order valence-electron chi connectivity index (χ0n) is 16.6. The van der Waals surface area contributed by atoms with Crippen molar-refractivity contribution in [3.05, 3.63) is 58.6 Å². The first-order chi connectivity index (χ1) is 13.7. The number of benzene rings is 2. The highest BCUT2D eigenvalue weighted by molar-refractivity contribution is 6.31. The molecule has 3 heterocycles. The van der Waals surface area contributed by atoms with Crippen molar-refractivity contribution in [2.75, 3.05) is 43.0 Å². The van der Waals surface area contributed by atoms with Crippen molar-refractivity contribution in [2.24, 2.45) is 0 Å². The summed E-state index contributed by atoms with van der Waals surface area (Å²) >= 11 is 6.38. The van der Waals surface area contributed by atoms with Crippen LogP contribution in [0.15, 0.2) is 42.5 Å². The van der Waals surface area contributed by atoms with Gasteiger partial charge in [-0.15, -0.1) is 0 Å². The molecule has 2 aromatic rings. The predicted octanol–water partition coefficient (Wildman–Crippen LogP) is 4.54. The van der Waals surface area contributed by atoms with Gasteiger partial charge in [0.15, 0.2) is 0 Å². The minimum Gasteiger partial charge on any atom is -0.365 e. The second-order valence-corrected chi connectivity index (χ2v) is 9.64. The molecule has 3 nitrogen and oxygen atoms in total. The molecular weight excluding hydrogens is 366 g/mol. The minimum atomic E-state index is 0.418. The van der Waals surface area contributed by atoms with E-state index in [1.165, 1.54) is 50.1 Å². The fourth-order valence-electron chi connectivity index (χ4n) is 5.98. The average molecular weight is 394 g/mol. The van der Waals surface area contributed by atoms with Gasteiger partial charge in [-0.3, -0.25) is 0 Å². The number of fused-ring (bicyclic) bond motifs is 3. The molecule has 0 amide bonds. The van der Waals surface area contributed by atoms with Crippen molar-refractivity contribution in [2.45, 2.75) is 43.2 Å². The molecule has 4 heteroatoms. The first-order valence-electron chi connectivity index (χ1n) is 10.8. The summed E-state index contributed by atoms with van der Waals surface area (Å²) in [4.78, 5) is 8.06. The summed E-state index contributed by atoms with van der Waals surface area (Å²) in [5, 5.41) is 0.906. The van der Waals surface area contributed by atoms with E-state index in [4.69, 9.17) is 11.6 Å². The Kier molecular flexibility index (Phi) is 3.77. The number of para-hydroxylation sites is 1. The van der Waals surface area contributed by atoms with Crippen LogP contribution in [0.5, 0.6) is 0 Å². The van der Waals surface area contributed by atoms with Crippen LogP contribution in [0.4, 0.5) is 11.4 Å². The molecule has 4 aliphatic rings. The molecule has 1 saturated carbocycles. The van der Waals surface area contributed by atoms with Gasteiger partial charge in [-0.25, -0.2) is 0 Å². The smallest absolute Gasteiger partial charge is 0.0644 e. The van der Waals surface area contributed by atoms with Crippen LogP contribution in [0.1, 0.15) is 36.3 Å². The van der Waals surface area contributed by atoms with Crippen LogP contribution in [-0.2, 0) is 6.42 Å². The molecular formula is C24H28ClN3. The van der Waals surface area contributed by atoms with Crippen LogP contribution >= 0.6 is 11.6 Å². The van der Waals surface area contributed by atoms with E-state index in [-0.39, 0.29) is 0 Å². The molecule has 3 aliphatic heterocycles. The maximum Gasteiger partial charge on any atom is 0.0644 e. The number of likely N-dealkylation sites (tertiary alicyclic amines) is 1. The molecule has 2 atom stereocenters. The van der Waals surface area contributed by atoms with Crippen LogP contribution in [0, 0.1) is 0 Å². The van der Waals surface area contributed by atoms with E-state index in [9.17, 15) is 0 Å². The highest BCUT2D eigenvalue weighted by Crippen LogP contribution is 2.57. The van der Waals surface area contributed by atoms with Crippen LogP contribution in [0.2, 0.25) is 5.02 Å². The van der Waals surface area contributed by atoms with Crippen molar-refractivity contribution >= 4 is 23.0 Å². The van der Waals surface area contributed by atoms with Crippen LogP contribution in [0.25, 0.3) is 0 Å². The number of halogens is 1. The summed E-state index contributed by atoms with van der Waals surface area (Å²) in [6.07, 6.45) is 5.02. The lowest BCUT2D eigenvalue weighted by atomic mass is 9.89. The number of hydrogen-bond donors (Lipinski definition) is 0. The maximum absolute atomic E-state index is 6.38. The molecule has 1 saturated heterocycles. The van der Waals surface area contributed by atoms with E-state index in [0.717, 1.165) is 18.0 Å².